The second-order valence-electron chi connectivity index (χ2n) is 10.9. The third-order valence-corrected chi connectivity index (χ3v) is 7.25. The molecule has 0 aliphatic carbocycles. The molecule has 178 valence electrons. The quantitative estimate of drug-likeness (QED) is 0.728. The molecule has 1 atom stereocenters. The van der Waals surface area contributed by atoms with Crippen LogP contribution in [-0.2, 0) is 20.8 Å². The van der Waals surface area contributed by atoms with Gasteiger partial charge in [0.05, 0.1) is 19.1 Å². The van der Waals surface area contributed by atoms with Crippen molar-refractivity contribution in [3.63, 3.8) is 0 Å². The van der Waals surface area contributed by atoms with E-state index in [4.69, 9.17) is 9.47 Å². The van der Waals surface area contributed by atoms with Crippen molar-refractivity contribution in [3.05, 3.63) is 23.9 Å². The fourth-order valence-corrected chi connectivity index (χ4v) is 5.30. The van der Waals surface area contributed by atoms with Crippen LogP contribution in [0.3, 0.4) is 0 Å². The van der Waals surface area contributed by atoms with Gasteiger partial charge in [-0.2, -0.15) is 0 Å². The normalized spacial score (nSPS) is 24.1. The highest BCUT2D eigenvalue weighted by Crippen LogP contribution is 2.45. The Kier molecular flexibility index (Phi) is 7.37. The van der Waals surface area contributed by atoms with Gasteiger partial charge in [0, 0.05) is 64.1 Å². The van der Waals surface area contributed by atoms with Gasteiger partial charge in [-0.1, -0.05) is 20.8 Å². The number of morpholine rings is 1. The Morgan fingerprint density at radius 2 is 1.91 bits per heavy atom. The lowest BCUT2D eigenvalue weighted by atomic mass is 9.71. The van der Waals surface area contributed by atoms with Gasteiger partial charge in [0.2, 0.25) is 5.91 Å². The third-order valence-electron chi connectivity index (χ3n) is 7.25. The first-order chi connectivity index (χ1) is 15.3. The summed E-state index contributed by atoms with van der Waals surface area (Å²) in [6.07, 6.45) is 4.84. The van der Waals surface area contributed by atoms with Crippen LogP contribution < -0.4 is 10.2 Å². The van der Waals surface area contributed by atoms with Crippen molar-refractivity contribution >= 4 is 11.7 Å². The molecule has 1 unspecified atom stereocenters. The molecule has 3 fully saturated rings. The lowest BCUT2D eigenvalue weighted by molar-refractivity contribution is -0.129. The molecule has 1 spiro atoms. The predicted octanol–water partition coefficient (Wildman–Crippen LogP) is 2.70. The van der Waals surface area contributed by atoms with Gasteiger partial charge in [0.15, 0.2) is 0 Å². The molecule has 0 radical (unpaired) electrons. The molecule has 1 amide bonds. The van der Waals surface area contributed by atoms with Crippen molar-refractivity contribution < 1.29 is 14.3 Å². The highest BCUT2D eigenvalue weighted by Gasteiger charge is 2.50. The smallest absolute Gasteiger partial charge is 0.225 e. The highest BCUT2D eigenvalue weighted by atomic mass is 16.5. The number of anilines is 1. The molecule has 4 rings (SSSR count). The number of amides is 1. The van der Waals surface area contributed by atoms with Crippen LogP contribution in [0, 0.1) is 16.7 Å². The minimum atomic E-state index is 0.0319. The van der Waals surface area contributed by atoms with Gasteiger partial charge < -0.3 is 19.7 Å². The predicted molar refractivity (Wildman–Crippen MR) is 126 cm³/mol. The number of nitrogens with one attached hydrogen (secondary N) is 1. The van der Waals surface area contributed by atoms with Gasteiger partial charge in [0.25, 0.3) is 0 Å². The molecule has 3 aliphatic rings. The monoisotopic (exact) mass is 444 g/mol. The van der Waals surface area contributed by atoms with Crippen LogP contribution in [0.25, 0.3) is 0 Å². The first kappa shape index (κ1) is 23.5. The minimum Gasteiger partial charge on any atom is -0.381 e. The SMILES string of the molecule is CC(C)(C)CCNC(=O)C1CN(Cc2ccnc(N3CCOCC3)c2)CC12CCOCC2. The summed E-state index contributed by atoms with van der Waals surface area (Å²) in [5.74, 6) is 1.29. The third kappa shape index (κ3) is 5.80. The fraction of sp³-hybridized carbons (Fsp3) is 0.760. The average Bonchev–Trinajstić information content (AvgIpc) is 3.11. The molecule has 4 heterocycles. The van der Waals surface area contributed by atoms with Crippen LogP contribution in [0.2, 0.25) is 0 Å². The summed E-state index contributed by atoms with van der Waals surface area (Å²) in [6.45, 7) is 14.9. The number of aromatic nitrogens is 1. The van der Waals surface area contributed by atoms with Crippen LogP contribution in [0.4, 0.5) is 5.82 Å². The number of carbonyl (C=O) groups is 1. The van der Waals surface area contributed by atoms with Gasteiger partial charge in [-0.15, -0.1) is 0 Å². The molecule has 3 saturated heterocycles. The number of carbonyl (C=O) groups excluding carboxylic acids is 1. The van der Waals surface area contributed by atoms with E-state index in [0.29, 0.717) is 0 Å². The summed E-state index contributed by atoms with van der Waals surface area (Å²) < 4.78 is 11.1. The molecule has 0 bridgehead atoms. The molecule has 1 aromatic rings. The van der Waals surface area contributed by atoms with Gasteiger partial charge in [0.1, 0.15) is 5.82 Å². The number of pyridine rings is 1. The Morgan fingerprint density at radius 3 is 2.62 bits per heavy atom. The van der Waals surface area contributed by atoms with E-state index in [9.17, 15) is 4.79 Å². The van der Waals surface area contributed by atoms with E-state index in [1.54, 1.807) is 0 Å². The van der Waals surface area contributed by atoms with E-state index < -0.39 is 0 Å². The number of hydrogen-bond donors (Lipinski definition) is 1. The van der Waals surface area contributed by atoms with Crippen molar-refractivity contribution in [2.24, 2.45) is 16.7 Å². The average molecular weight is 445 g/mol. The van der Waals surface area contributed by atoms with Crippen molar-refractivity contribution in [3.8, 4) is 0 Å². The van der Waals surface area contributed by atoms with Gasteiger partial charge in [-0.05, 0) is 42.4 Å². The molecule has 0 aromatic carbocycles. The van der Waals surface area contributed by atoms with Crippen LogP contribution in [-0.4, -0.2) is 74.9 Å². The number of likely N-dealkylation sites (tertiary alicyclic amines) is 1. The fourth-order valence-electron chi connectivity index (χ4n) is 5.30. The molecular formula is C25H40N4O3. The van der Waals surface area contributed by atoms with Crippen LogP contribution in [0.5, 0.6) is 0 Å². The molecule has 7 heteroatoms. The second kappa shape index (κ2) is 10.1. The zero-order chi connectivity index (χ0) is 22.6. The Bertz CT molecular complexity index is 767. The largest absolute Gasteiger partial charge is 0.381 e. The van der Waals surface area contributed by atoms with E-state index >= 15 is 0 Å². The number of rotatable bonds is 6. The molecule has 7 nitrogen and oxygen atoms in total. The zero-order valence-electron chi connectivity index (χ0n) is 20.1. The first-order valence-electron chi connectivity index (χ1n) is 12.2. The Labute approximate surface area is 192 Å². The molecule has 3 aliphatic heterocycles. The topological polar surface area (TPSA) is 66.9 Å². The lowest BCUT2D eigenvalue weighted by Gasteiger charge is -2.37. The standard InChI is InChI=1S/C25H40N4O3/c1-24(2,3)5-9-27-23(30)21-18-28(19-25(21)6-12-31-13-7-25)17-20-4-8-26-22(16-20)29-10-14-32-15-11-29/h4,8,16,21H,5-7,9-15,17-19H2,1-3H3,(H,27,30). The van der Waals surface area contributed by atoms with E-state index in [-0.39, 0.29) is 22.7 Å². The van der Waals surface area contributed by atoms with E-state index in [2.05, 4.69) is 53.0 Å². The summed E-state index contributed by atoms with van der Waals surface area (Å²) in [5.41, 5.74) is 1.52. The lowest BCUT2D eigenvalue weighted by Crippen LogP contribution is -2.44. The Hall–Kier alpha value is -1.70. The van der Waals surface area contributed by atoms with E-state index in [0.717, 1.165) is 90.8 Å². The maximum Gasteiger partial charge on any atom is 0.225 e. The zero-order valence-corrected chi connectivity index (χ0v) is 20.1. The second-order valence-corrected chi connectivity index (χ2v) is 10.9. The summed E-state index contributed by atoms with van der Waals surface area (Å²) in [4.78, 5) is 22.6. The van der Waals surface area contributed by atoms with Crippen molar-refractivity contribution in [1.82, 2.24) is 15.2 Å². The number of hydrogen-bond acceptors (Lipinski definition) is 6. The van der Waals surface area contributed by atoms with Crippen LogP contribution >= 0.6 is 0 Å². The maximum absolute atomic E-state index is 13.3. The van der Waals surface area contributed by atoms with Crippen molar-refractivity contribution in [1.29, 1.82) is 0 Å². The van der Waals surface area contributed by atoms with Crippen LogP contribution in [0.15, 0.2) is 18.3 Å². The minimum absolute atomic E-state index is 0.0319. The van der Waals surface area contributed by atoms with Gasteiger partial charge in [-0.3, -0.25) is 9.69 Å². The van der Waals surface area contributed by atoms with Crippen molar-refractivity contribution in [2.75, 3.05) is 64.1 Å². The van der Waals surface area contributed by atoms with Gasteiger partial charge >= 0.3 is 0 Å². The summed E-state index contributed by atoms with van der Waals surface area (Å²) in [5, 5.41) is 3.25. The summed E-state index contributed by atoms with van der Waals surface area (Å²) in [7, 11) is 0. The number of ether oxygens (including phenoxy) is 2. The Balaban J connectivity index is 1.42. The van der Waals surface area contributed by atoms with Crippen molar-refractivity contribution in [2.45, 2.75) is 46.6 Å². The number of nitrogens with zero attached hydrogens (tertiary/aromatic N) is 3. The first-order valence-corrected chi connectivity index (χ1v) is 12.2. The summed E-state index contributed by atoms with van der Waals surface area (Å²) in [6, 6.07) is 4.32. The molecule has 32 heavy (non-hydrogen) atoms. The summed E-state index contributed by atoms with van der Waals surface area (Å²) >= 11 is 0. The van der Waals surface area contributed by atoms with E-state index in [1.807, 2.05) is 6.20 Å². The highest BCUT2D eigenvalue weighted by molar-refractivity contribution is 5.80. The molecule has 1 aromatic heterocycles. The van der Waals surface area contributed by atoms with Gasteiger partial charge in [-0.25, -0.2) is 4.98 Å². The molecular weight excluding hydrogens is 404 g/mol. The van der Waals surface area contributed by atoms with Crippen LogP contribution in [0.1, 0.15) is 45.6 Å². The molecule has 0 saturated carbocycles. The molecule has 1 N–H and O–H groups in total. The van der Waals surface area contributed by atoms with E-state index in [1.165, 1.54) is 5.56 Å². The maximum atomic E-state index is 13.3. The Morgan fingerprint density at radius 1 is 1.19 bits per heavy atom.